The summed E-state index contributed by atoms with van der Waals surface area (Å²) in [6.45, 7) is 0. The zero-order chi connectivity index (χ0) is 18.9. The molecule has 5 nitrogen and oxygen atoms in total. The highest BCUT2D eigenvalue weighted by Crippen LogP contribution is 2.35. The van der Waals surface area contributed by atoms with Gasteiger partial charge in [-0.15, -0.1) is 11.8 Å². The fraction of sp³-hybridized carbons (Fsp3) is 0.222. The quantitative estimate of drug-likeness (QED) is 0.468. The first kappa shape index (κ1) is 20.6. The zero-order valence-corrected chi connectivity index (χ0v) is 17.5. The lowest BCUT2D eigenvalue weighted by Crippen LogP contribution is -2.19. The zero-order valence-electron chi connectivity index (χ0n) is 14.3. The number of hydrazone groups is 1. The van der Waals surface area contributed by atoms with Crippen LogP contribution in [0, 0.1) is 0 Å². The van der Waals surface area contributed by atoms with Gasteiger partial charge in [0.25, 0.3) is 0 Å². The summed E-state index contributed by atoms with van der Waals surface area (Å²) in [5.74, 6) is 2.02. The lowest BCUT2D eigenvalue weighted by molar-refractivity contribution is -0.118. The van der Waals surface area contributed by atoms with E-state index in [0.717, 1.165) is 15.6 Å². The van der Waals surface area contributed by atoms with Crippen LogP contribution >= 0.6 is 39.3 Å². The van der Waals surface area contributed by atoms with Crippen molar-refractivity contribution in [1.82, 2.24) is 5.43 Å². The van der Waals surface area contributed by atoms with Gasteiger partial charge in [0.2, 0.25) is 5.91 Å². The first-order chi connectivity index (χ1) is 12.5. The smallest absolute Gasteiger partial charge is 0.250 e. The van der Waals surface area contributed by atoms with Crippen molar-refractivity contribution >= 4 is 51.4 Å². The Labute approximate surface area is 170 Å². The molecular formula is C18H18BrClN2O3S. The molecule has 0 saturated heterocycles. The first-order valence-corrected chi connectivity index (χ1v) is 9.91. The van der Waals surface area contributed by atoms with Crippen molar-refractivity contribution in [2.24, 2.45) is 5.10 Å². The van der Waals surface area contributed by atoms with Gasteiger partial charge in [-0.25, -0.2) is 5.43 Å². The number of nitrogens with zero attached hydrogens (tertiary/aromatic N) is 1. The van der Waals surface area contributed by atoms with E-state index in [1.807, 2.05) is 30.3 Å². The Bertz CT molecular complexity index is 802. The maximum Gasteiger partial charge on any atom is 0.250 e. The number of rotatable bonds is 8. The summed E-state index contributed by atoms with van der Waals surface area (Å²) in [6, 6.07) is 11.2. The molecule has 8 heteroatoms. The molecule has 0 radical (unpaired) electrons. The number of hydrogen-bond donors (Lipinski definition) is 1. The highest BCUT2D eigenvalue weighted by Gasteiger charge is 2.09. The standard InChI is InChI=1S/C18H18BrClN2O3S/c1-24-16-8-13(7-15(19)18(16)25-2)9-21-22-17(23)11-26-10-12-4-3-5-14(20)6-12/h3-9H,10-11H2,1-2H3,(H,22,23). The largest absolute Gasteiger partial charge is 0.493 e. The maximum atomic E-state index is 11.9. The predicted molar refractivity (Wildman–Crippen MR) is 111 cm³/mol. The van der Waals surface area contributed by atoms with Crippen LogP contribution in [-0.4, -0.2) is 32.1 Å². The topological polar surface area (TPSA) is 59.9 Å². The molecule has 0 aliphatic carbocycles. The summed E-state index contributed by atoms with van der Waals surface area (Å²) in [7, 11) is 3.13. The minimum atomic E-state index is -0.173. The lowest BCUT2D eigenvalue weighted by atomic mass is 10.2. The third kappa shape index (κ3) is 6.23. The fourth-order valence-electron chi connectivity index (χ4n) is 2.11. The van der Waals surface area contributed by atoms with Crippen LogP contribution in [0.2, 0.25) is 5.02 Å². The number of halogens is 2. The summed E-state index contributed by atoms with van der Waals surface area (Å²) in [4.78, 5) is 11.9. The van der Waals surface area contributed by atoms with Crippen LogP contribution in [0.25, 0.3) is 0 Å². The third-order valence-corrected chi connectivity index (χ3v) is 5.08. The highest BCUT2D eigenvalue weighted by atomic mass is 79.9. The van der Waals surface area contributed by atoms with Gasteiger partial charge in [0.1, 0.15) is 0 Å². The van der Waals surface area contributed by atoms with E-state index in [-0.39, 0.29) is 5.91 Å². The van der Waals surface area contributed by atoms with Crippen molar-refractivity contribution in [3.8, 4) is 11.5 Å². The SMILES string of the molecule is COc1cc(C=NNC(=O)CSCc2cccc(Cl)c2)cc(Br)c1OC. The van der Waals surface area contributed by atoms with Crippen LogP contribution < -0.4 is 14.9 Å². The van der Waals surface area contributed by atoms with E-state index < -0.39 is 0 Å². The molecule has 0 heterocycles. The van der Waals surface area contributed by atoms with Gasteiger partial charge in [0.05, 0.1) is 30.7 Å². The van der Waals surface area contributed by atoms with E-state index in [0.29, 0.717) is 28.0 Å². The normalized spacial score (nSPS) is 10.8. The Morgan fingerprint density at radius 2 is 2.12 bits per heavy atom. The molecular weight excluding hydrogens is 440 g/mol. The molecule has 0 aliphatic heterocycles. The summed E-state index contributed by atoms with van der Waals surface area (Å²) in [5.41, 5.74) is 4.35. The number of methoxy groups -OCH3 is 2. The Hall–Kier alpha value is -1.70. The van der Waals surface area contributed by atoms with Gasteiger partial charge in [-0.1, -0.05) is 23.7 Å². The summed E-state index contributed by atoms with van der Waals surface area (Å²) in [5, 5.41) is 4.67. The van der Waals surface area contributed by atoms with Crippen molar-refractivity contribution in [2.45, 2.75) is 5.75 Å². The highest BCUT2D eigenvalue weighted by molar-refractivity contribution is 9.10. The Balaban J connectivity index is 1.84. The molecule has 26 heavy (non-hydrogen) atoms. The molecule has 0 unspecified atom stereocenters. The molecule has 0 aromatic heterocycles. The second kappa shape index (κ2) is 10.4. The van der Waals surface area contributed by atoms with Crippen LogP contribution in [0.4, 0.5) is 0 Å². The Morgan fingerprint density at radius 3 is 2.81 bits per heavy atom. The molecule has 1 N–H and O–H groups in total. The average Bonchev–Trinajstić information content (AvgIpc) is 2.61. The van der Waals surface area contributed by atoms with Crippen molar-refractivity contribution in [2.75, 3.05) is 20.0 Å². The first-order valence-electron chi connectivity index (χ1n) is 7.59. The van der Waals surface area contributed by atoms with Crippen LogP contribution in [0.5, 0.6) is 11.5 Å². The van der Waals surface area contributed by atoms with E-state index in [4.69, 9.17) is 21.1 Å². The molecule has 2 aromatic carbocycles. The molecule has 1 amide bonds. The Morgan fingerprint density at radius 1 is 1.31 bits per heavy atom. The summed E-state index contributed by atoms with van der Waals surface area (Å²) >= 11 is 10.8. The second-order valence-corrected chi connectivity index (χ2v) is 7.43. The third-order valence-electron chi connectivity index (χ3n) is 3.25. The van der Waals surface area contributed by atoms with Gasteiger partial charge in [0, 0.05) is 10.8 Å². The maximum absolute atomic E-state index is 11.9. The van der Waals surface area contributed by atoms with Crippen LogP contribution in [0.15, 0.2) is 46.0 Å². The molecule has 0 spiro atoms. The van der Waals surface area contributed by atoms with Crippen LogP contribution in [-0.2, 0) is 10.5 Å². The molecule has 0 bridgehead atoms. The van der Waals surface area contributed by atoms with Gasteiger partial charge in [0.15, 0.2) is 11.5 Å². The van der Waals surface area contributed by atoms with Crippen molar-refractivity contribution in [3.63, 3.8) is 0 Å². The number of thioether (sulfide) groups is 1. The lowest BCUT2D eigenvalue weighted by Gasteiger charge is -2.10. The van der Waals surface area contributed by atoms with Gasteiger partial charge in [-0.05, 0) is 51.3 Å². The van der Waals surface area contributed by atoms with Crippen LogP contribution in [0.3, 0.4) is 0 Å². The Kier molecular flexibility index (Phi) is 8.28. The summed E-state index contributed by atoms with van der Waals surface area (Å²) in [6.07, 6.45) is 1.55. The minimum Gasteiger partial charge on any atom is -0.493 e. The van der Waals surface area contributed by atoms with Crippen molar-refractivity contribution in [3.05, 3.63) is 57.0 Å². The molecule has 0 atom stereocenters. The number of benzene rings is 2. The monoisotopic (exact) mass is 456 g/mol. The van der Waals surface area contributed by atoms with Gasteiger partial charge in [-0.3, -0.25) is 4.79 Å². The van der Waals surface area contributed by atoms with Gasteiger partial charge < -0.3 is 9.47 Å². The van der Waals surface area contributed by atoms with Crippen LogP contribution in [0.1, 0.15) is 11.1 Å². The molecule has 138 valence electrons. The minimum absolute atomic E-state index is 0.173. The van der Waals surface area contributed by atoms with E-state index in [1.165, 1.54) is 11.8 Å². The number of amides is 1. The van der Waals surface area contributed by atoms with Crippen molar-refractivity contribution < 1.29 is 14.3 Å². The molecule has 2 aromatic rings. The molecule has 0 fully saturated rings. The van der Waals surface area contributed by atoms with Crippen molar-refractivity contribution in [1.29, 1.82) is 0 Å². The fourth-order valence-corrected chi connectivity index (χ4v) is 3.71. The second-order valence-electron chi connectivity index (χ2n) is 5.15. The number of ether oxygens (including phenoxy) is 2. The molecule has 0 aliphatic rings. The van der Waals surface area contributed by atoms with Gasteiger partial charge in [-0.2, -0.15) is 5.10 Å². The van der Waals surface area contributed by atoms with E-state index in [2.05, 4.69) is 26.5 Å². The average molecular weight is 458 g/mol. The predicted octanol–water partition coefficient (Wildman–Crippen LogP) is 4.50. The van der Waals surface area contributed by atoms with E-state index in [1.54, 1.807) is 26.5 Å². The van der Waals surface area contributed by atoms with E-state index in [9.17, 15) is 4.79 Å². The number of hydrogen-bond acceptors (Lipinski definition) is 5. The van der Waals surface area contributed by atoms with E-state index >= 15 is 0 Å². The molecule has 0 saturated carbocycles. The number of carbonyl (C=O) groups is 1. The molecule has 2 rings (SSSR count). The number of carbonyl (C=O) groups excluding carboxylic acids is 1. The summed E-state index contributed by atoms with van der Waals surface area (Å²) < 4.78 is 11.3. The number of nitrogens with one attached hydrogen (secondary N) is 1. The van der Waals surface area contributed by atoms with Gasteiger partial charge >= 0.3 is 0 Å².